The van der Waals surface area contributed by atoms with Crippen molar-refractivity contribution in [3.63, 3.8) is 0 Å². The van der Waals surface area contributed by atoms with Crippen molar-refractivity contribution in [3.05, 3.63) is 53.6 Å². The summed E-state index contributed by atoms with van der Waals surface area (Å²) in [5, 5.41) is 14.1. The predicted octanol–water partition coefficient (Wildman–Crippen LogP) is 6.78. The summed E-state index contributed by atoms with van der Waals surface area (Å²) >= 11 is 0. The average Bonchev–Trinajstić information content (AvgIpc) is 3.50. The van der Waals surface area contributed by atoms with Crippen molar-refractivity contribution in [2.24, 2.45) is 0 Å². The molecule has 3 aliphatic rings. The lowest BCUT2D eigenvalue weighted by atomic mass is 9.87. The Bertz CT molecular complexity index is 1780. The number of β-amino-alcohol motifs (C(OH)–C–C–N with tert-alkyl or cyclic N) is 1. The summed E-state index contributed by atoms with van der Waals surface area (Å²) < 4.78 is 54.5. The summed E-state index contributed by atoms with van der Waals surface area (Å²) in [6.45, 7) is 15.5. The van der Waals surface area contributed by atoms with E-state index < -0.39 is 88.9 Å². The lowest BCUT2D eigenvalue weighted by Crippen LogP contribution is -2.54. The van der Waals surface area contributed by atoms with Crippen LogP contribution in [0.3, 0.4) is 0 Å². The van der Waals surface area contributed by atoms with Crippen LogP contribution in [-0.2, 0) is 24.5 Å². The lowest BCUT2D eigenvalue weighted by molar-refractivity contribution is -0.129. The zero-order valence-corrected chi connectivity index (χ0v) is 32.5. The minimum atomic E-state index is -2.88. The molecule has 1 saturated heterocycles. The fourth-order valence-corrected chi connectivity index (χ4v) is 7.34. The zero-order chi connectivity index (χ0) is 40.2. The van der Waals surface area contributed by atoms with Crippen LogP contribution >= 0.6 is 0 Å². The first-order valence-electron chi connectivity index (χ1n) is 18.2. The van der Waals surface area contributed by atoms with Gasteiger partial charge in [-0.25, -0.2) is 22.8 Å². The number of aromatic nitrogens is 1. The van der Waals surface area contributed by atoms with Gasteiger partial charge in [-0.1, -0.05) is 19.9 Å². The first kappa shape index (κ1) is 40.8. The Morgan fingerprint density at radius 2 is 1.56 bits per heavy atom. The molecule has 5 rings (SSSR count). The normalized spacial score (nSPS) is 23.0. The molecule has 54 heavy (non-hydrogen) atoms. The van der Waals surface area contributed by atoms with Crippen LogP contribution in [0.5, 0.6) is 0 Å². The minimum absolute atomic E-state index is 0.0303. The van der Waals surface area contributed by atoms with E-state index in [0.29, 0.717) is 5.69 Å². The van der Waals surface area contributed by atoms with Gasteiger partial charge in [0.15, 0.2) is 0 Å². The second-order valence-electron chi connectivity index (χ2n) is 17.7. The standard InChI is InChI=1S/C39H52F3N5O7/c1-35(2,3)53-33(50)45-21-37(7,8)27-11-10-26(17-28(27)45)47(32(49)29-18-38(9,52)22-46(29)34(51)54-36(4,5)6)30(23-16-24(40)20-43-19-23)31(48)44-25-12-14-39(41,42)15-13-25/h10-11,16-17,19-20,25,29-30,52H,12-15,18,21-22H2,1-9H3,(H,44,48)/t29-,30-,38-/m1/s1. The summed E-state index contributed by atoms with van der Waals surface area (Å²) in [7, 11) is 0. The monoisotopic (exact) mass is 759 g/mol. The first-order chi connectivity index (χ1) is 24.8. The zero-order valence-electron chi connectivity index (χ0n) is 32.5. The maximum absolute atomic E-state index is 15.2. The molecule has 3 atom stereocenters. The van der Waals surface area contributed by atoms with Crippen LogP contribution in [0.15, 0.2) is 36.7 Å². The molecule has 15 heteroatoms. The number of aliphatic hydroxyl groups is 1. The first-order valence-corrected chi connectivity index (χ1v) is 18.2. The third-order valence-electron chi connectivity index (χ3n) is 9.73. The van der Waals surface area contributed by atoms with Gasteiger partial charge in [-0.05, 0) is 85.1 Å². The number of hydrogen-bond donors (Lipinski definition) is 2. The van der Waals surface area contributed by atoms with Gasteiger partial charge in [0, 0.05) is 54.7 Å². The number of alkyl halides is 2. The Morgan fingerprint density at radius 3 is 2.15 bits per heavy atom. The molecule has 12 nitrogen and oxygen atoms in total. The Morgan fingerprint density at radius 1 is 0.944 bits per heavy atom. The van der Waals surface area contributed by atoms with Crippen LogP contribution in [0.1, 0.15) is 112 Å². The molecule has 1 aromatic heterocycles. The Hall–Kier alpha value is -4.40. The number of amides is 4. The molecule has 2 N–H and O–H groups in total. The lowest BCUT2D eigenvalue weighted by Gasteiger charge is -2.37. The van der Waals surface area contributed by atoms with Gasteiger partial charge < -0.3 is 19.9 Å². The van der Waals surface area contributed by atoms with Gasteiger partial charge in [-0.15, -0.1) is 0 Å². The number of nitrogens with zero attached hydrogens (tertiary/aromatic N) is 4. The molecule has 1 aromatic carbocycles. The smallest absolute Gasteiger partial charge is 0.414 e. The number of benzene rings is 1. The van der Waals surface area contributed by atoms with Gasteiger partial charge in [-0.3, -0.25) is 29.3 Å². The topological polar surface area (TPSA) is 142 Å². The van der Waals surface area contributed by atoms with E-state index >= 15 is 4.79 Å². The quantitative estimate of drug-likeness (QED) is 0.329. The fraction of sp³-hybridized carbons (Fsp3) is 0.615. The molecule has 1 saturated carbocycles. The van der Waals surface area contributed by atoms with Crippen LogP contribution < -0.4 is 15.1 Å². The molecule has 3 heterocycles. The number of halogens is 3. The molecular formula is C39H52F3N5O7. The van der Waals surface area contributed by atoms with Crippen LogP contribution in [0, 0.1) is 5.82 Å². The molecule has 2 aliphatic heterocycles. The maximum atomic E-state index is 15.2. The van der Waals surface area contributed by atoms with Crippen LogP contribution in [0.25, 0.3) is 0 Å². The molecule has 1 aliphatic carbocycles. The second kappa shape index (κ2) is 14.3. The van der Waals surface area contributed by atoms with Gasteiger partial charge in [0.1, 0.15) is 29.1 Å². The molecular weight excluding hydrogens is 707 g/mol. The Balaban J connectivity index is 1.68. The molecule has 0 bridgehead atoms. The summed E-state index contributed by atoms with van der Waals surface area (Å²) in [5.74, 6) is -5.30. The number of rotatable bonds is 6. The number of fused-ring (bicyclic) bond motifs is 1. The molecule has 2 fully saturated rings. The van der Waals surface area contributed by atoms with E-state index in [9.17, 15) is 32.7 Å². The predicted molar refractivity (Wildman–Crippen MR) is 195 cm³/mol. The number of carbonyl (C=O) groups is 4. The van der Waals surface area contributed by atoms with Gasteiger partial charge in [0.05, 0.1) is 24.0 Å². The summed E-state index contributed by atoms with van der Waals surface area (Å²) in [4.78, 5) is 64.5. The fourth-order valence-electron chi connectivity index (χ4n) is 7.34. The second-order valence-corrected chi connectivity index (χ2v) is 17.7. The Labute approximate surface area is 314 Å². The third-order valence-corrected chi connectivity index (χ3v) is 9.73. The van der Waals surface area contributed by atoms with Gasteiger partial charge >= 0.3 is 12.2 Å². The van der Waals surface area contributed by atoms with Gasteiger partial charge in [-0.2, -0.15) is 0 Å². The summed E-state index contributed by atoms with van der Waals surface area (Å²) in [6.07, 6.45) is -0.546. The van der Waals surface area contributed by atoms with Crippen molar-refractivity contribution in [1.29, 1.82) is 0 Å². The molecule has 4 amide bonds. The molecule has 0 unspecified atom stereocenters. The van der Waals surface area contributed by atoms with E-state index in [4.69, 9.17) is 9.47 Å². The van der Waals surface area contributed by atoms with Crippen molar-refractivity contribution < 1.29 is 46.9 Å². The van der Waals surface area contributed by atoms with Crippen LogP contribution in [-0.4, -0.2) is 86.9 Å². The highest BCUT2D eigenvalue weighted by Crippen LogP contribution is 2.45. The molecule has 0 radical (unpaired) electrons. The number of likely N-dealkylation sites (tertiary alicyclic amines) is 1. The number of nitrogens with one attached hydrogen (secondary N) is 1. The van der Waals surface area contributed by atoms with Crippen molar-refractivity contribution in [1.82, 2.24) is 15.2 Å². The maximum Gasteiger partial charge on any atom is 0.414 e. The summed E-state index contributed by atoms with van der Waals surface area (Å²) in [5.41, 5.74) is -2.67. The highest BCUT2D eigenvalue weighted by molar-refractivity contribution is 6.06. The highest BCUT2D eigenvalue weighted by atomic mass is 19.3. The third kappa shape index (κ3) is 9.27. The molecule has 2 aromatic rings. The minimum Gasteiger partial charge on any atom is -0.444 e. The van der Waals surface area contributed by atoms with Crippen molar-refractivity contribution in [3.8, 4) is 0 Å². The van der Waals surface area contributed by atoms with E-state index in [1.807, 2.05) is 13.8 Å². The Kier molecular flexibility index (Phi) is 10.8. The van der Waals surface area contributed by atoms with Crippen molar-refractivity contribution >= 4 is 35.4 Å². The largest absolute Gasteiger partial charge is 0.444 e. The van der Waals surface area contributed by atoms with E-state index in [0.717, 1.165) is 27.6 Å². The van der Waals surface area contributed by atoms with Crippen LogP contribution in [0.4, 0.5) is 34.1 Å². The molecule has 0 spiro atoms. The van der Waals surface area contributed by atoms with E-state index in [2.05, 4.69) is 10.3 Å². The average molecular weight is 760 g/mol. The van der Waals surface area contributed by atoms with E-state index in [1.54, 1.807) is 59.7 Å². The number of carbonyl (C=O) groups excluding carboxylic acids is 4. The number of hydrogen-bond acceptors (Lipinski definition) is 8. The summed E-state index contributed by atoms with van der Waals surface area (Å²) in [6, 6.07) is 2.25. The van der Waals surface area contributed by atoms with E-state index in [-0.39, 0.29) is 43.6 Å². The molecule has 296 valence electrons. The van der Waals surface area contributed by atoms with Gasteiger partial charge in [0.25, 0.3) is 5.91 Å². The number of pyridine rings is 1. The van der Waals surface area contributed by atoms with Crippen molar-refractivity contribution in [2.45, 2.75) is 141 Å². The van der Waals surface area contributed by atoms with E-state index in [1.165, 1.54) is 18.0 Å². The number of ether oxygens (including phenoxy) is 2. The number of anilines is 2. The van der Waals surface area contributed by atoms with Crippen molar-refractivity contribution in [2.75, 3.05) is 22.9 Å². The highest BCUT2D eigenvalue weighted by Gasteiger charge is 2.51. The van der Waals surface area contributed by atoms with Crippen LogP contribution in [0.2, 0.25) is 0 Å². The SMILES string of the molecule is CC(C)(C)OC(=O)N1CC(C)(C)c2ccc(N(C(=O)[C@H]3C[C@@](C)(O)CN3C(=O)OC(C)(C)C)[C@@H](C(=O)NC3CCC(F)(F)CC3)c3cncc(F)c3)cc21. The van der Waals surface area contributed by atoms with Gasteiger partial charge in [0.2, 0.25) is 11.8 Å².